The molecule has 5 aromatic carbocycles. The number of nitrogens with zero attached hydrogens (tertiary/aromatic N) is 2. The van der Waals surface area contributed by atoms with Gasteiger partial charge < -0.3 is 20.1 Å². The molecule has 8 rings (SSSR count). The molecule has 2 heterocycles. The number of rotatable bonds is 7. The van der Waals surface area contributed by atoms with Crippen molar-refractivity contribution in [1.29, 1.82) is 0 Å². The number of benzene rings is 5. The Hall–Kier alpha value is -6.32. The molecule has 52 heavy (non-hydrogen) atoms. The Morgan fingerprint density at radius 3 is 1.71 bits per heavy atom. The average Bonchev–Trinajstić information content (AvgIpc) is 3.58. The summed E-state index contributed by atoms with van der Waals surface area (Å²) in [6.45, 7) is 0. The molecule has 1 aliphatic heterocycles. The molecule has 9 heteroatoms. The van der Waals surface area contributed by atoms with Crippen LogP contribution in [0.25, 0.3) is 28.6 Å². The van der Waals surface area contributed by atoms with Crippen LogP contribution in [0.1, 0.15) is 39.8 Å². The molecule has 2 unspecified atom stereocenters. The van der Waals surface area contributed by atoms with Crippen LogP contribution >= 0.6 is 12.2 Å². The predicted molar refractivity (Wildman–Crippen MR) is 205 cm³/mol. The second-order valence-corrected chi connectivity index (χ2v) is 13.2. The van der Waals surface area contributed by atoms with Gasteiger partial charge in [-0.3, -0.25) is 9.59 Å². The molecule has 256 valence electrons. The van der Waals surface area contributed by atoms with Crippen LogP contribution in [0, 0.1) is 5.41 Å². The zero-order valence-electron chi connectivity index (χ0n) is 28.4. The van der Waals surface area contributed by atoms with Crippen LogP contribution in [0.4, 0.5) is 0 Å². The van der Waals surface area contributed by atoms with Crippen molar-refractivity contribution in [3.63, 3.8) is 0 Å². The zero-order valence-corrected chi connectivity index (χ0v) is 29.3. The van der Waals surface area contributed by atoms with Gasteiger partial charge in [0.1, 0.15) is 11.5 Å². The summed E-state index contributed by atoms with van der Waals surface area (Å²) in [5.74, 6) is -1.38. The van der Waals surface area contributed by atoms with Gasteiger partial charge in [0.25, 0.3) is 0 Å². The van der Waals surface area contributed by atoms with Gasteiger partial charge in [-0.25, -0.2) is 4.68 Å². The van der Waals surface area contributed by atoms with E-state index in [1.54, 1.807) is 14.2 Å². The Labute approximate surface area is 306 Å². The van der Waals surface area contributed by atoms with Gasteiger partial charge in [0.05, 0.1) is 31.3 Å². The number of para-hydroxylation sites is 1. The normalized spacial score (nSPS) is 18.4. The monoisotopic (exact) mass is 702 g/mol. The van der Waals surface area contributed by atoms with Gasteiger partial charge in [-0.15, -0.1) is 0 Å². The standard InChI is InChI=1S/C43H34N4O4S/c1-50-32-22-18-28(19-23-32)36-34(26-27-12-6-3-7-13-27)38-35(39(30-14-8-4-9-15-30)47(46-38)31-16-10-5-11-17-31)37(29-20-24-33(51-2)25-21-29)43(36)40(48)44-42(52)45-41(43)49/h3-26,36-37H,1-2H3,(H2,44,45,48,49,52)/b34-26-. The van der Waals surface area contributed by atoms with E-state index in [1.807, 2.05) is 150 Å². The van der Waals surface area contributed by atoms with Gasteiger partial charge in [-0.1, -0.05) is 103 Å². The van der Waals surface area contributed by atoms with Crippen molar-refractivity contribution in [2.75, 3.05) is 14.2 Å². The van der Waals surface area contributed by atoms with Crippen molar-refractivity contribution in [2.24, 2.45) is 5.41 Å². The number of thiocarbonyl (C=S) groups is 1. The maximum absolute atomic E-state index is 15.2. The second kappa shape index (κ2) is 13.4. The minimum Gasteiger partial charge on any atom is -0.497 e. The van der Waals surface area contributed by atoms with Crippen molar-refractivity contribution in [1.82, 2.24) is 20.4 Å². The lowest BCUT2D eigenvalue weighted by atomic mass is 9.52. The summed E-state index contributed by atoms with van der Waals surface area (Å²) in [5, 5.41) is 11.2. The van der Waals surface area contributed by atoms with E-state index in [-0.39, 0.29) is 5.11 Å². The molecule has 0 radical (unpaired) electrons. The van der Waals surface area contributed by atoms with Crippen LogP contribution in [-0.4, -0.2) is 40.9 Å². The van der Waals surface area contributed by atoms with Crippen LogP contribution in [0.5, 0.6) is 11.5 Å². The van der Waals surface area contributed by atoms with Crippen molar-refractivity contribution < 1.29 is 19.1 Å². The lowest BCUT2D eigenvalue weighted by Gasteiger charge is -2.49. The second-order valence-electron chi connectivity index (χ2n) is 12.8. The topological polar surface area (TPSA) is 94.5 Å². The van der Waals surface area contributed by atoms with Crippen LogP contribution in [0.3, 0.4) is 0 Å². The Kier molecular flexibility index (Phi) is 8.48. The number of carbonyl (C=O) groups is 2. The fourth-order valence-corrected chi connectivity index (χ4v) is 7.93. The number of fused-ring (bicyclic) bond motifs is 1. The lowest BCUT2D eigenvalue weighted by molar-refractivity contribution is -0.145. The van der Waals surface area contributed by atoms with Gasteiger partial charge in [-0.2, -0.15) is 5.10 Å². The molecule has 1 saturated heterocycles. The highest BCUT2D eigenvalue weighted by molar-refractivity contribution is 7.80. The molecule has 0 saturated carbocycles. The highest BCUT2D eigenvalue weighted by Gasteiger charge is 2.65. The molecular weight excluding hydrogens is 669 g/mol. The number of hydrogen-bond donors (Lipinski definition) is 2. The molecule has 2 N–H and O–H groups in total. The van der Waals surface area contributed by atoms with Crippen molar-refractivity contribution in [3.8, 4) is 28.4 Å². The molecule has 8 nitrogen and oxygen atoms in total. The quantitative estimate of drug-likeness (QED) is 0.132. The van der Waals surface area contributed by atoms with E-state index in [4.69, 9.17) is 26.8 Å². The lowest BCUT2D eigenvalue weighted by Crippen LogP contribution is -2.67. The van der Waals surface area contributed by atoms with Crippen LogP contribution in [0.2, 0.25) is 0 Å². The van der Waals surface area contributed by atoms with E-state index < -0.39 is 29.1 Å². The summed E-state index contributed by atoms with van der Waals surface area (Å²) in [6, 6.07) is 44.9. The molecule has 1 spiro atoms. The maximum Gasteiger partial charge on any atom is 0.243 e. The third kappa shape index (κ3) is 5.37. The largest absolute Gasteiger partial charge is 0.497 e. The van der Waals surface area contributed by atoms with E-state index in [1.165, 1.54) is 0 Å². The molecule has 2 aliphatic rings. The first-order valence-electron chi connectivity index (χ1n) is 16.9. The van der Waals surface area contributed by atoms with Crippen molar-refractivity contribution in [2.45, 2.75) is 11.8 Å². The molecular formula is C43H34N4O4S. The molecule has 6 aromatic rings. The predicted octanol–water partition coefficient (Wildman–Crippen LogP) is 7.54. The smallest absolute Gasteiger partial charge is 0.243 e. The van der Waals surface area contributed by atoms with Crippen LogP contribution < -0.4 is 20.1 Å². The third-order valence-electron chi connectivity index (χ3n) is 9.98. The summed E-state index contributed by atoms with van der Waals surface area (Å²) in [7, 11) is 3.21. The van der Waals surface area contributed by atoms with Crippen LogP contribution in [0.15, 0.2) is 140 Å². The molecule has 1 fully saturated rings. The Bertz CT molecular complexity index is 2300. The van der Waals surface area contributed by atoms with Gasteiger partial charge in [-0.05, 0) is 77.0 Å². The highest BCUT2D eigenvalue weighted by Crippen LogP contribution is 2.63. The fraction of sp³-hybridized carbons (Fsp3) is 0.116. The first-order chi connectivity index (χ1) is 25.4. The average molecular weight is 703 g/mol. The molecule has 1 aromatic heterocycles. The first kappa shape index (κ1) is 32.9. The molecule has 2 amide bonds. The molecule has 2 atom stereocenters. The number of hydrogen-bond acceptors (Lipinski definition) is 6. The van der Waals surface area contributed by atoms with E-state index in [0.29, 0.717) is 22.8 Å². The summed E-state index contributed by atoms with van der Waals surface area (Å²) in [6.07, 6.45) is 2.05. The minimum atomic E-state index is -1.78. The number of carbonyl (C=O) groups excluding carboxylic acids is 2. The number of aromatic nitrogens is 2. The van der Waals surface area contributed by atoms with E-state index in [9.17, 15) is 0 Å². The van der Waals surface area contributed by atoms with Gasteiger partial charge >= 0.3 is 0 Å². The Morgan fingerprint density at radius 2 is 1.17 bits per heavy atom. The molecule has 0 bridgehead atoms. The van der Waals surface area contributed by atoms with E-state index >= 15 is 9.59 Å². The van der Waals surface area contributed by atoms with E-state index in [0.717, 1.165) is 39.2 Å². The summed E-state index contributed by atoms with van der Waals surface area (Å²) >= 11 is 5.44. The number of nitrogens with one attached hydrogen (secondary N) is 2. The zero-order chi connectivity index (χ0) is 35.8. The SMILES string of the molecule is COc1ccc(C2/C(=C/c3ccccc3)c3nn(-c4ccccc4)c(-c4ccccc4)c3C(c3ccc(OC)cc3)C23C(=O)NC(=S)NC3=O)cc1. The van der Waals surface area contributed by atoms with Crippen LogP contribution in [-0.2, 0) is 9.59 Å². The highest BCUT2D eigenvalue weighted by atomic mass is 32.1. The molecule has 1 aliphatic carbocycles. The summed E-state index contributed by atoms with van der Waals surface area (Å²) in [5.41, 5.74) is 5.18. The van der Waals surface area contributed by atoms with E-state index in [2.05, 4.69) is 10.6 Å². The van der Waals surface area contributed by atoms with Gasteiger partial charge in [0.15, 0.2) is 10.5 Å². The van der Waals surface area contributed by atoms with Crippen molar-refractivity contribution >= 4 is 40.8 Å². The first-order valence-corrected chi connectivity index (χ1v) is 17.3. The number of methoxy groups -OCH3 is 2. The van der Waals surface area contributed by atoms with Crippen molar-refractivity contribution in [3.05, 3.63) is 167 Å². The number of allylic oxidation sites excluding steroid dienone is 1. The number of amides is 2. The fourth-order valence-electron chi connectivity index (χ4n) is 7.74. The minimum absolute atomic E-state index is 0.0368. The summed E-state index contributed by atoms with van der Waals surface area (Å²) in [4.78, 5) is 30.3. The Balaban J connectivity index is 1.58. The number of ether oxygens (including phenoxy) is 2. The third-order valence-corrected chi connectivity index (χ3v) is 10.2. The van der Waals surface area contributed by atoms with Gasteiger partial charge in [0, 0.05) is 23.0 Å². The Morgan fingerprint density at radius 1 is 0.673 bits per heavy atom. The maximum atomic E-state index is 15.2. The summed E-state index contributed by atoms with van der Waals surface area (Å²) < 4.78 is 13.0. The van der Waals surface area contributed by atoms with Gasteiger partial charge in [0.2, 0.25) is 11.8 Å².